The summed E-state index contributed by atoms with van der Waals surface area (Å²) in [6, 6.07) is 3.15. The molecule has 0 spiro atoms. The highest BCUT2D eigenvalue weighted by Crippen LogP contribution is 2.06. The highest BCUT2D eigenvalue weighted by molar-refractivity contribution is 5.96. The number of hydrogen-bond donors (Lipinski definition) is 7. The molecule has 1 aromatic carbocycles. The van der Waals surface area contributed by atoms with E-state index in [4.69, 9.17) is 16.6 Å². The molecule has 0 saturated heterocycles. The van der Waals surface area contributed by atoms with Gasteiger partial charge in [-0.25, -0.2) is 4.79 Å². The standard InChI is InChI=1S/C21H29N5O8/c1-11(22)18(30)25-14(10-16(23)27)20(32)24-13(7-8-17(28)29)19(31)26-15(21(33)34)9-12-5-3-2-4-6-12/h2-6,11,13-15H,7-10,22H2,1H3,(H2,23,27)(H,24,32)(H,25,30)(H,26,31)(H,28,29)(H,33,34). The van der Waals surface area contributed by atoms with E-state index in [1.165, 1.54) is 6.92 Å². The Hall–Kier alpha value is -4.00. The van der Waals surface area contributed by atoms with Crippen LogP contribution >= 0.6 is 0 Å². The van der Waals surface area contributed by atoms with Gasteiger partial charge in [0.2, 0.25) is 23.6 Å². The third kappa shape index (κ3) is 10.1. The first-order chi connectivity index (χ1) is 15.9. The van der Waals surface area contributed by atoms with Crippen molar-refractivity contribution in [2.45, 2.75) is 56.8 Å². The fourth-order valence-corrected chi connectivity index (χ4v) is 2.84. The fraction of sp³-hybridized carbons (Fsp3) is 0.429. The monoisotopic (exact) mass is 479 g/mol. The van der Waals surface area contributed by atoms with Crippen molar-refractivity contribution in [1.29, 1.82) is 0 Å². The average Bonchev–Trinajstić information content (AvgIpc) is 2.75. The number of carbonyl (C=O) groups is 6. The second kappa shape index (κ2) is 13.5. The summed E-state index contributed by atoms with van der Waals surface area (Å²) in [5, 5.41) is 25.3. The highest BCUT2D eigenvalue weighted by Gasteiger charge is 2.31. The van der Waals surface area contributed by atoms with Gasteiger partial charge in [-0.1, -0.05) is 30.3 Å². The van der Waals surface area contributed by atoms with E-state index in [9.17, 15) is 33.9 Å². The Bertz CT molecular complexity index is 906. The van der Waals surface area contributed by atoms with E-state index in [1.807, 2.05) is 0 Å². The normalized spacial score (nSPS) is 14.1. The van der Waals surface area contributed by atoms with Crippen molar-refractivity contribution in [3.05, 3.63) is 35.9 Å². The molecule has 1 rings (SSSR count). The minimum atomic E-state index is -1.48. The number of hydrogen-bond acceptors (Lipinski definition) is 7. The molecule has 0 aliphatic heterocycles. The average molecular weight is 479 g/mol. The maximum atomic E-state index is 12.8. The predicted molar refractivity (Wildman–Crippen MR) is 118 cm³/mol. The molecule has 0 heterocycles. The smallest absolute Gasteiger partial charge is 0.326 e. The molecule has 186 valence electrons. The van der Waals surface area contributed by atoms with Gasteiger partial charge < -0.3 is 37.6 Å². The Morgan fingerprint density at radius 1 is 0.853 bits per heavy atom. The number of primary amides is 1. The molecular weight excluding hydrogens is 450 g/mol. The van der Waals surface area contributed by atoms with Crippen molar-refractivity contribution in [1.82, 2.24) is 16.0 Å². The van der Waals surface area contributed by atoms with Crippen molar-refractivity contribution >= 4 is 35.6 Å². The van der Waals surface area contributed by atoms with Gasteiger partial charge in [0.25, 0.3) is 0 Å². The van der Waals surface area contributed by atoms with E-state index in [0.29, 0.717) is 5.56 Å². The van der Waals surface area contributed by atoms with Crippen LogP contribution in [0.15, 0.2) is 30.3 Å². The second-order valence-electron chi connectivity index (χ2n) is 7.60. The van der Waals surface area contributed by atoms with Gasteiger partial charge in [0.15, 0.2) is 0 Å². The minimum absolute atomic E-state index is 0.0593. The zero-order valence-electron chi connectivity index (χ0n) is 18.5. The maximum Gasteiger partial charge on any atom is 0.326 e. The quantitative estimate of drug-likeness (QED) is 0.154. The van der Waals surface area contributed by atoms with Gasteiger partial charge in [0.1, 0.15) is 18.1 Å². The Kier molecular flexibility index (Phi) is 11.2. The van der Waals surface area contributed by atoms with Gasteiger partial charge in [0, 0.05) is 12.8 Å². The van der Waals surface area contributed by atoms with E-state index >= 15 is 0 Å². The molecule has 4 atom stereocenters. The third-order valence-electron chi connectivity index (χ3n) is 4.63. The Balaban J connectivity index is 3.02. The molecule has 34 heavy (non-hydrogen) atoms. The van der Waals surface area contributed by atoms with E-state index in [1.54, 1.807) is 30.3 Å². The van der Waals surface area contributed by atoms with E-state index in [0.717, 1.165) is 0 Å². The number of carboxylic acids is 2. The van der Waals surface area contributed by atoms with Crippen LogP contribution in [0.25, 0.3) is 0 Å². The summed E-state index contributed by atoms with van der Waals surface area (Å²) in [7, 11) is 0. The number of carbonyl (C=O) groups excluding carboxylic acids is 4. The van der Waals surface area contributed by atoms with E-state index < -0.39 is 72.6 Å². The highest BCUT2D eigenvalue weighted by atomic mass is 16.4. The van der Waals surface area contributed by atoms with Gasteiger partial charge in [-0.2, -0.15) is 0 Å². The van der Waals surface area contributed by atoms with Gasteiger partial charge in [-0.15, -0.1) is 0 Å². The van der Waals surface area contributed by atoms with Crippen LogP contribution in [0.1, 0.15) is 31.7 Å². The molecule has 4 unspecified atom stereocenters. The molecule has 0 saturated carbocycles. The van der Waals surface area contributed by atoms with Crippen molar-refractivity contribution in [2.24, 2.45) is 11.5 Å². The van der Waals surface area contributed by atoms with Crippen molar-refractivity contribution in [2.75, 3.05) is 0 Å². The molecule has 0 radical (unpaired) electrons. The molecule has 13 heteroatoms. The van der Waals surface area contributed by atoms with Crippen LogP contribution in [0.2, 0.25) is 0 Å². The number of carboxylic acid groups (broad SMARTS) is 2. The zero-order chi connectivity index (χ0) is 25.8. The molecular formula is C21H29N5O8. The lowest BCUT2D eigenvalue weighted by atomic mass is 10.0. The summed E-state index contributed by atoms with van der Waals surface area (Å²) in [6.45, 7) is 1.34. The Labute approximate surface area is 195 Å². The lowest BCUT2D eigenvalue weighted by molar-refractivity contribution is -0.143. The maximum absolute atomic E-state index is 12.8. The van der Waals surface area contributed by atoms with Gasteiger partial charge >= 0.3 is 11.9 Å². The Morgan fingerprint density at radius 2 is 1.38 bits per heavy atom. The van der Waals surface area contributed by atoms with Crippen LogP contribution in [0.4, 0.5) is 0 Å². The molecule has 0 fully saturated rings. The molecule has 0 bridgehead atoms. The summed E-state index contributed by atoms with van der Waals surface area (Å²) in [5.41, 5.74) is 11.2. The zero-order valence-corrected chi connectivity index (χ0v) is 18.5. The molecule has 0 aromatic heterocycles. The minimum Gasteiger partial charge on any atom is -0.481 e. The van der Waals surface area contributed by atoms with E-state index in [2.05, 4.69) is 16.0 Å². The van der Waals surface area contributed by atoms with Crippen LogP contribution < -0.4 is 27.4 Å². The molecule has 0 aliphatic carbocycles. The summed E-state index contributed by atoms with van der Waals surface area (Å²) in [4.78, 5) is 71.4. The number of rotatable bonds is 14. The predicted octanol–water partition coefficient (Wildman–Crippen LogP) is -2.14. The first-order valence-electron chi connectivity index (χ1n) is 10.3. The summed E-state index contributed by atoms with van der Waals surface area (Å²) in [6.07, 6.45) is -1.57. The molecule has 4 amide bonds. The van der Waals surface area contributed by atoms with Crippen molar-refractivity contribution in [3.8, 4) is 0 Å². The van der Waals surface area contributed by atoms with E-state index in [-0.39, 0.29) is 12.8 Å². The van der Waals surface area contributed by atoms with Gasteiger partial charge in [0.05, 0.1) is 12.5 Å². The van der Waals surface area contributed by atoms with Crippen molar-refractivity contribution < 1.29 is 39.0 Å². The first kappa shape index (κ1) is 28.0. The SMILES string of the molecule is CC(N)C(=O)NC(CC(N)=O)C(=O)NC(CCC(=O)O)C(=O)NC(Cc1ccccc1)C(=O)O. The Morgan fingerprint density at radius 3 is 1.88 bits per heavy atom. The summed E-state index contributed by atoms with van der Waals surface area (Å²) >= 11 is 0. The van der Waals surface area contributed by atoms with Crippen LogP contribution in [-0.4, -0.2) is 69.9 Å². The van der Waals surface area contributed by atoms with Crippen LogP contribution in [0, 0.1) is 0 Å². The lowest BCUT2D eigenvalue weighted by Crippen LogP contribution is -2.57. The van der Waals surface area contributed by atoms with Crippen LogP contribution in [0.5, 0.6) is 0 Å². The molecule has 0 aliphatic rings. The summed E-state index contributed by atoms with van der Waals surface area (Å²) < 4.78 is 0. The van der Waals surface area contributed by atoms with Gasteiger partial charge in [-0.05, 0) is 18.9 Å². The van der Waals surface area contributed by atoms with Crippen molar-refractivity contribution in [3.63, 3.8) is 0 Å². The molecule has 13 nitrogen and oxygen atoms in total. The number of aliphatic carboxylic acids is 2. The topological polar surface area (TPSA) is 231 Å². The number of nitrogens with one attached hydrogen (secondary N) is 3. The summed E-state index contributed by atoms with van der Waals surface area (Å²) in [5.74, 6) is -6.23. The fourth-order valence-electron chi connectivity index (χ4n) is 2.84. The lowest BCUT2D eigenvalue weighted by Gasteiger charge is -2.24. The first-order valence-corrected chi connectivity index (χ1v) is 10.3. The van der Waals surface area contributed by atoms with Crippen LogP contribution in [-0.2, 0) is 35.2 Å². The second-order valence-corrected chi connectivity index (χ2v) is 7.60. The number of nitrogens with two attached hydrogens (primary N) is 2. The van der Waals surface area contributed by atoms with Gasteiger partial charge in [-0.3, -0.25) is 24.0 Å². The third-order valence-corrected chi connectivity index (χ3v) is 4.63. The molecule has 1 aromatic rings. The number of amides is 4. The van der Waals surface area contributed by atoms with Crippen LogP contribution in [0.3, 0.4) is 0 Å². The number of benzene rings is 1. The molecule has 9 N–H and O–H groups in total. The largest absolute Gasteiger partial charge is 0.481 e.